The zero-order chi connectivity index (χ0) is 21.4. The number of rotatable bonds is 7. The number of alkyl halides is 1. The van der Waals surface area contributed by atoms with Crippen LogP contribution in [0.25, 0.3) is 0 Å². The van der Waals surface area contributed by atoms with Gasteiger partial charge in [-0.2, -0.15) is 0 Å². The fraction of sp³-hybridized carbons (Fsp3) is 0.368. The third-order valence-electron chi connectivity index (χ3n) is 3.94. The number of hydrogen-bond acceptors (Lipinski definition) is 4. The molecule has 0 aliphatic heterocycles. The molecule has 6 nitrogen and oxygen atoms in total. The molecule has 0 saturated heterocycles. The summed E-state index contributed by atoms with van der Waals surface area (Å²) in [6.07, 6.45) is 0.656. The predicted octanol–water partition coefficient (Wildman–Crippen LogP) is 3.15. The van der Waals surface area contributed by atoms with Crippen molar-refractivity contribution in [2.75, 3.05) is 26.5 Å². The maximum absolute atomic E-state index is 12.0. The highest BCUT2D eigenvalue weighted by Crippen LogP contribution is 2.15. The third-order valence-corrected chi connectivity index (χ3v) is 7.50. The molecule has 28 heavy (non-hydrogen) atoms. The van der Waals surface area contributed by atoms with Gasteiger partial charge in [-0.1, -0.05) is 35.4 Å². The number of sulfonamides is 2. The fourth-order valence-electron chi connectivity index (χ4n) is 2.13. The van der Waals surface area contributed by atoms with Gasteiger partial charge < -0.3 is 0 Å². The highest BCUT2D eigenvalue weighted by atomic mass is 35.5. The van der Waals surface area contributed by atoms with Crippen LogP contribution in [0.3, 0.4) is 0 Å². The van der Waals surface area contributed by atoms with E-state index in [1.807, 2.05) is 13.8 Å². The van der Waals surface area contributed by atoms with Crippen molar-refractivity contribution < 1.29 is 16.8 Å². The van der Waals surface area contributed by atoms with E-state index in [9.17, 15) is 16.8 Å². The molecule has 0 radical (unpaired) electrons. The van der Waals surface area contributed by atoms with Crippen molar-refractivity contribution in [3.8, 4) is 0 Å². The third kappa shape index (κ3) is 7.18. The molecule has 0 spiro atoms. The zero-order valence-corrected chi connectivity index (χ0v) is 18.9. The van der Waals surface area contributed by atoms with E-state index in [1.165, 1.54) is 11.4 Å². The molecule has 0 aliphatic rings. The molecule has 0 fully saturated rings. The first-order chi connectivity index (χ1) is 13.0. The number of nitrogens with zero attached hydrogens (tertiary/aromatic N) is 1. The Labute approximate surface area is 173 Å². The van der Waals surface area contributed by atoms with Gasteiger partial charge in [-0.3, -0.25) is 0 Å². The summed E-state index contributed by atoms with van der Waals surface area (Å²) in [5.41, 5.74) is 2.09. The van der Waals surface area contributed by atoms with Crippen molar-refractivity contribution in [3.05, 3.63) is 59.7 Å². The van der Waals surface area contributed by atoms with Crippen LogP contribution in [0.4, 0.5) is 0 Å². The van der Waals surface area contributed by atoms with E-state index in [1.54, 1.807) is 55.6 Å². The molecule has 156 valence electrons. The maximum Gasteiger partial charge on any atom is 0.242 e. The molecule has 0 saturated carbocycles. The molecule has 0 aromatic heterocycles. The molecule has 0 unspecified atom stereocenters. The topological polar surface area (TPSA) is 83.5 Å². The van der Waals surface area contributed by atoms with Gasteiger partial charge in [0, 0.05) is 19.5 Å². The monoisotopic (exact) mass is 446 g/mol. The molecule has 1 N–H and O–H groups in total. The van der Waals surface area contributed by atoms with Crippen LogP contribution in [0, 0.1) is 13.8 Å². The molecule has 9 heteroatoms. The molecule has 0 atom stereocenters. The van der Waals surface area contributed by atoms with Crippen molar-refractivity contribution in [3.63, 3.8) is 0 Å². The molecular weight excluding hydrogens is 420 g/mol. The lowest BCUT2D eigenvalue weighted by atomic mass is 10.2. The molecule has 2 rings (SSSR count). The number of benzene rings is 2. The van der Waals surface area contributed by atoms with Gasteiger partial charge >= 0.3 is 0 Å². The Bertz CT molecular complexity index is 942. The van der Waals surface area contributed by atoms with Crippen molar-refractivity contribution in [1.29, 1.82) is 0 Å². The Kier molecular flexibility index (Phi) is 9.59. The first-order valence-electron chi connectivity index (χ1n) is 8.64. The van der Waals surface area contributed by atoms with E-state index in [0.717, 1.165) is 11.1 Å². The van der Waals surface area contributed by atoms with Crippen LogP contribution in [-0.4, -0.2) is 47.7 Å². The fourth-order valence-corrected chi connectivity index (χ4v) is 4.19. The lowest BCUT2D eigenvalue weighted by molar-refractivity contribution is 0.469. The smallest absolute Gasteiger partial charge is 0.214 e. The van der Waals surface area contributed by atoms with Crippen molar-refractivity contribution in [1.82, 2.24) is 9.03 Å². The Morgan fingerprint density at radius 3 is 1.68 bits per heavy atom. The SMILES string of the molecule is CNS(=O)(=O)c1ccc(C)cc1.Cc1ccc(S(=O)(=O)N(C)CCCCl)cc1. The average Bonchev–Trinajstić information content (AvgIpc) is 2.67. The Morgan fingerprint density at radius 2 is 1.29 bits per heavy atom. The number of aryl methyl sites for hydroxylation is 2. The van der Waals surface area contributed by atoms with Gasteiger partial charge in [0.15, 0.2) is 0 Å². The molecule has 0 bridgehead atoms. The molecule has 0 heterocycles. The van der Waals surface area contributed by atoms with E-state index in [-0.39, 0.29) is 0 Å². The van der Waals surface area contributed by atoms with E-state index < -0.39 is 20.0 Å². The minimum Gasteiger partial charge on any atom is -0.214 e. The number of nitrogens with one attached hydrogen (secondary N) is 1. The minimum atomic E-state index is -3.35. The largest absolute Gasteiger partial charge is 0.242 e. The summed E-state index contributed by atoms with van der Waals surface area (Å²) >= 11 is 5.54. The van der Waals surface area contributed by atoms with Gasteiger partial charge in [0.25, 0.3) is 0 Å². The molecule has 2 aromatic carbocycles. The van der Waals surface area contributed by atoms with E-state index in [4.69, 9.17) is 11.6 Å². The Balaban J connectivity index is 0.000000292. The summed E-state index contributed by atoms with van der Waals surface area (Å²) in [6.45, 7) is 4.28. The quantitative estimate of drug-likeness (QED) is 0.662. The van der Waals surface area contributed by atoms with E-state index in [2.05, 4.69) is 4.72 Å². The Morgan fingerprint density at radius 1 is 0.857 bits per heavy atom. The summed E-state index contributed by atoms with van der Waals surface area (Å²) in [4.78, 5) is 0.630. The van der Waals surface area contributed by atoms with Gasteiger partial charge in [0.05, 0.1) is 9.79 Å². The number of halogens is 1. The summed E-state index contributed by atoms with van der Waals surface area (Å²) in [7, 11) is -3.65. The first kappa shape index (κ1) is 24.6. The van der Waals surface area contributed by atoms with Gasteiger partial charge in [-0.25, -0.2) is 25.9 Å². The van der Waals surface area contributed by atoms with E-state index >= 15 is 0 Å². The lowest BCUT2D eigenvalue weighted by Crippen LogP contribution is -2.28. The summed E-state index contributed by atoms with van der Waals surface area (Å²) in [5, 5.41) is 0. The standard InChI is InChI=1S/C11H16ClNO2S.C8H11NO2S/c1-10-4-6-11(7-5-10)16(14,15)13(2)9-3-8-12;1-7-3-5-8(6-4-7)12(10,11)9-2/h4-7H,3,8-9H2,1-2H3;3-6,9H,1-2H3. The minimum absolute atomic E-state index is 0.301. The second-order valence-electron chi connectivity index (χ2n) is 6.20. The van der Waals surface area contributed by atoms with Gasteiger partial charge in [-0.05, 0) is 51.6 Å². The van der Waals surface area contributed by atoms with E-state index in [0.29, 0.717) is 28.6 Å². The Hall–Kier alpha value is -1.45. The second-order valence-corrected chi connectivity index (χ2v) is 10.5. The summed E-state index contributed by atoms with van der Waals surface area (Å²) in [5.74, 6) is 0.466. The van der Waals surface area contributed by atoms with Gasteiger partial charge in [0.2, 0.25) is 20.0 Å². The number of hydrogen-bond donors (Lipinski definition) is 1. The average molecular weight is 447 g/mol. The first-order valence-corrected chi connectivity index (χ1v) is 12.1. The van der Waals surface area contributed by atoms with Gasteiger partial charge in [-0.15, -0.1) is 11.6 Å². The molecule has 0 amide bonds. The van der Waals surface area contributed by atoms with Crippen LogP contribution >= 0.6 is 11.6 Å². The van der Waals surface area contributed by atoms with Crippen LogP contribution < -0.4 is 4.72 Å². The van der Waals surface area contributed by atoms with Crippen molar-refractivity contribution in [2.24, 2.45) is 0 Å². The molecule has 2 aromatic rings. The van der Waals surface area contributed by atoms with Crippen molar-refractivity contribution in [2.45, 2.75) is 30.1 Å². The molecule has 0 aliphatic carbocycles. The molecular formula is C19H27ClN2O4S2. The van der Waals surface area contributed by atoms with Crippen LogP contribution in [-0.2, 0) is 20.0 Å². The normalized spacial score (nSPS) is 11.8. The summed E-state index contributed by atoms with van der Waals surface area (Å²) in [6, 6.07) is 13.5. The predicted molar refractivity (Wildman–Crippen MR) is 114 cm³/mol. The van der Waals surface area contributed by atoms with Crippen LogP contribution in [0.5, 0.6) is 0 Å². The highest BCUT2D eigenvalue weighted by Gasteiger charge is 2.19. The van der Waals surface area contributed by atoms with Crippen LogP contribution in [0.1, 0.15) is 17.5 Å². The van der Waals surface area contributed by atoms with Gasteiger partial charge in [0.1, 0.15) is 0 Å². The van der Waals surface area contributed by atoms with Crippen molar-refractivity contribution >= 4 is 31.6 Å². The van der Waals surface area contributed by atoms with Crippen LogP contribution in [0.15, 0.2) is 58.3 Å². The second kappa shape index (κ2) is 10.9. The zero-order valence-electron chi connectivity index (χ0n) is 16.5. The summed E-state index contributed by atoms with van der Waals surface area (Å²) < 4.78 is 50.0. The maximum atomic E-state index is 12.0. The lowest BCUT2D eigenvalue weighted by Gasteiger charge is -2.16. The highest BCUT2D eigenvalue weighted by molar-refractivity contribution is 7.89. The van der Waals surface area contributed by atoms with Crippen LogP contribution in [0.2, 0.25) is 0 Å².